The molecule has 2 aromatic rings. The lowest BCUT2D eigenvalue weighted by molar-refractivity contribution is -0.137. The summed E-state index contributed by atoms with van der Waals surface area (Å²) < 4.78 is 0. The summed E-state index contributed by atoms with van der Waals surface area (Å²) in [5.41, 5.74) is 1.60. The number of amides is 2. The molecule has 1 atom stereocenters. The minimum Gasteiger partial charge on any atom is -0.506 e. The third-order valence-electron chi connectivity index (χ3n) is 5.96. The van der Waals surface area contributed by atoms with E-state index >= 15 is 0 Å². The Labute approximate surface area is 230 Å². The first-order valence-corrected chi connectivity index (χ1v) is 12.8. The van der Waals surface area contributed by atoms with Crippen LogP contribution in [0.1, 0.15) is 54.7 Å². The maximum absolute atomic E-state index is 12.7. The van der Waals surface area contributed by atoms with Crippen molar-refractivity contribution in [2.75, 3.05) is 25.0 Å². The number of anilines is 1. The first-order chi connectivity index (χ1) is 17.9. The molecule has 1 unspecified atom stereocenters. The van der Waals surface area contributed by atoms with E-state index in [1.54, 1.807) is 31.2 Å². The summed E-state index contributed by atoms with van der Waals surface area (Å²) in [6, 6.07) is 6.97. The number of carbonyl (C=O) groups is 3. The minimum absolute atomic E-state index is 0.000432. The van der Waals surface area contributed by atoms with E-state index in [1.165, 1.54) is 6.07 Å². The average Bonchev–Trinajstić information content (AvgIpc) is 2.86. The fraction of sp³-hybridized carbons (Fsp3) is 0.385. The van der Waals surface area contributed by atoms with Crippen molar-refractivity contribution in [2.45, 2.75) is 39.7 Å². The number of hydrogen-bond donors (Lipinski definition) is 6. The van der Waals surface area contributed by atoms with Gasteiger partial charge in [-0.25, -0.2) is 0 Å². The molecule has 1 aliphatic heterocycles. The topological polar surface area (TPSA) is 152 Å². The average molecular weight is 564 g/mol. The Morgan fingerprint density at radius 3 is 2.58 bits per heavy atom. The van der Waals surface area contributed by atoms with E-state index in [1.807, 2.05) is 0 Å². The Morgan fingerprint density at radius 2 is 1.95 bits per heavy atom. The number of phenols is 1. The Morgan fingerprint density at radius 1 is 1.21 bits per heavy atom. The maximum atomic E-state index is 12.7. The van der Waals surface area contributed by atoms with Gasteiger partial charge in [0.25, 0.3) is 5.91 Å². The molecule has 0 spiro atoms. The Hall–Kier alpha value is -3.50. The largest absolute Gasteiger partial charge is 0.506 e. The monoisotopic (exact) mass is 563 g/mol. The molecule has 6 N–H and O–H groups in total. The second kappa shape index (κ2) is 12.4. The molecule has 12 heteroatoms. The van der Waals surface area contributed by atoms with Crippen LogP contribution in [0.15, 0.2) is 35.3 Å². The lowest BCUT2D eigenvalue weighted by Crippen LogP contribution is -2.44. The lowest BCUT2D eigenvalue weighted by Gasteiger charge is -2.29. The molecular formula is C26H31Cl2N5O5. The van der Waals surface area contributed by atoms with Crippen LogP contribution in [0.3, 0.4) is 0 Å². The highest BCUT2D eigenvalue weighted by molar-refractivity contribution is 6.37. The molecular weight excluding hydrogens is 533 g/mol. The molecule has 0 saturated heterocycles. The summed E-state index contributed by atoms with van der Waals surface area (Å²) in [7, 11) is 0. The van der Waals surface area contributed by atoms with Crippen LogP contribution in [-0.4, -0.2) is 53.6 Å². The van der Waals surface area contributed by atoms with Gasteiger partial charge in [0.2, 0.25) is 5.91 Å². The smallest absolute Gasteiger partial charge is 0.305 e. The normalized spacial score (nSPS) is 15.0. The SMILES string of the molecule is CCc1c(Cl)cc(C(CC(=O)O)NC(=O)CNC(=O)c2cccc(NC3=NCC(C)(C)CN3)c2)c(O)c1Cl. The van der Waals surface area contributed by atoms with Gasteiger partial charge in [0, 0.05) is 40.3 Å². The minimum atomic E-state index is -1.21. The number of rotatable bonds is 9. The van der Waals surface area contributed by atoms with Gasteiger partial charge in [-0.15, -0.1) is 0 Å². The predicted molar refractivity (Wildman–Crippen MR) is 147 cm³/mol. The first kappa shape index (κ1) is 29.1. The van der Waals surface area contributed by atoms with Crippen molar-refractivity contribution >= 4 is 52.6 Å². The van der Waals surface area contributed by atoms with E-state index in [0.29, 0.717) is 35.7 Å². The van der Waals surface area contributed by atoms with Gasteiger partial charge in [-0.1, -0.05) is 50.0 Å². The molecule has 204 valence electrons. The van der Waals surface area contributed by atoms with Crippen molar-refractivity contribution < 1.29 is 24.6 Å². The van der Waals surface area contributed by atoms with Gasteiger partial charge in [0.05, 0.1) is 24.0 Å². The number of hydrogen-bond acceptors (Lipinski definition) is 7. The third-order valence-corrected chi connectivity index (χ3v) is 6.70. The Kier molecular flexibility index (Phi) is 9.45. The number of carboxylic acids is 1. The number of benzene rings is 2. The van der Waals surface area contributed by atoms with Gasteiger partial charge in [0.15, 0.2) is 5.96 Å². The van der Waals surface area contributed by atoms with E-state index in [-0.39, 0.29) is 26.8 Å². The van der Waals surface area contributed by atoms with Gasteiger partial charge in [-0.3, -0.25) is 19.4 Å². The van der Waals surface area contributed by atoms with Crippen LogP contribution in [0.5, 0.6) is 5.75 Å². The molecule has 0 radical (unpaired) electrons. The lowest BCUT2D eigenvalue weighted by atomic mass is 9.93. The highest BCUT2D eigenvalue weighted by Crippen LogP contribution is 2.40. The van der Waals surface area contributed by atoms with E-state index in [0.717, 1.165) is 6.54 Å². The van der Waals surface area contributed by atoms with Crippen molar-refractivity contribution in [3.8, 4) is 5.75 Å². The highest BCUT2D eigenvalue weighted by Gasteiger charge is 2.25. The maximum Gasteiger partial charge on any atom is 0.305 e. The number of aliphatic carboxylic acids is 1. The van der Waals surface area contributed by atoms with Crippen LogP contribution in [0.2, 0.25) is 10.0 Å². The molecule has 1 heterocycles. The van der Waals surface area contributed by atoms with Crippen molar-refractivity contribution in [1.29, 1.82) is 0 Å². The van der Waals surface area contributed by atoms with Crippen molar-refractivity contribution in [3.63, 3.8) is 0 Å². The standard InChI is InChI=1S/C26H31Cl2N5O5/c1-4-16-18(27)9-17(23(37)22(16)28)19(10-21(35)36)33-20(34)11-29-24(38)14-6-5-7-15(8-14)32-25-30-12-26(2,3)13-31-25/h5-9,19,37H,4,10-13H2,1-3H3,(H,29,38)(H,33,34)(H,35,36)(H2,30,31,32). The second-order valence-corrected chi connectivity index (χ2v) is 10.5. The van der Waals surface area contributed by atoms with Crippen LogP contribution in [0.4, 0.5) is 5.69 Å². The summed E-state index contributed by atoms with van der Waals surface area (Å²) in [5.74, 6) is -2.11. The number of nitrogens with zero attached hydrogens (tertiary/aromatic N) is 1. The third kappa shape index (κ3) is 7.52. The summed E-state index contributed by atoms with van der Waals surface area (Å²) in [6.07, 6.45) is -0.0821. The number of nitrogens with one attached hydrogen (secondary N) is 4. The molecule has 10 nitrogen and oxygen atoms in total. The van der Waals surface area contributed by atoms with Crippen LogP contribution in [0, 0.1) is 5.41 Å². The number of carboxylic acid groups (broad SMARTS) is 1. The van der Waals surface area contributed by atoms with Crippen LogP contribution < -0.4 is 21.3 Å². The molecule has 0 saturated carbocycles. The number of guanidine groups is 1. The van der Waals surface area contributed by atoms with Crippen LogP contribution >= 0.6 is 23.2 Å². The number of carbonyl (C=O) groups excluding carboxylic acids is 2. The molecule has 3 rings (SSSR count). The zero-order chi connectivity index (χ0) is 28.0. The molecule has 2 amide bonds. The van der Waals surface area contributed by atoms with E-state index in [9.17, 15) is 24.6 Å². The van der Waals surface area contributed by atoms with E-state index < -0.39 is 36.8 Å². The Bertz CT molecular complexity index is 1260. The Balaban J connectivity index is 1.65. The number of phenolic OH excluding ortho intramolecular Hbond substituents is 1. The van der Waals surface area contributed by atoms with Gasteiger partial charge in [-0.05, 0) is 36.2 Å². The quantitative estimate of drug-likeness (QED) is 0.272. The zero-order valence-corrected chi connectivity index (χ0v) is 22.8. The zero-order valence-electron chi connectivity index (χ0n) is 21.3. The van der Waals surface area contributed by atoms with Crippen molar-refractivity contribution in [3.05, 3.63) is 57.1 Å². The molecule has 0 bridgehead atoms. The van der Waals surface area contributed by atoms with Gasteiger partial charge < -0.3 is 31.5 Å². The van der Waals surface area contributed by atoms with Gasteiger partial charge >= 0.3 is 5.97 Å². The van der Waals surface area contributed by atoms with Gasteiger partial charge in [-0.2, -0.15) is 0 Å². The summed E-state index contributed by atoms with van der Waals surface area (Å²) in [6.45, 7) is 7.03. The highest BCUT2D eigenvalue weighted by atomic mass is 35.5. The van der Waals surface area contributed by atoms with Crippen molar-refractivity contribution in [1.82, 2.24) is 16.0 Å². The molecule has 0 aliphatic carbocycles. The van der Waals surface area contributed by atoms with Crippen molar-refractivity contribution in [2.24, 2.45) is 10.4 Å². The van der Waals surface area contributed by atoms with E-state index in [4.69, 9.17) is 23.2 Å². The number of aromatic hydroxyl groups is 1. The predicted octanol–water partition coefficient (Wildman–Crippen LogP) is 3.72. The fourth-order valence-corrected chi connectivity index (χ4v) is 4.60. The second-order valence-electron chi connectivity index (χ2n) is 9.73. The molecule has 0 fully saturated rings. The number of aliphatic imine (C=N–C) groups is 1. The summed E-state index contributed by atoms with van der Waals surface area (Å²) in [5, 5.41) is 31.5. The summed E-state index contributed by atoms with van der Waals surface area (Å²) in [4.78, 5) is 41.2. The van der Waals surface area contributed by atoms with Crippen LogP contribution in [-0.2, 0) is 16.0 Å². The molecule has 1 aliphatic rings. The number of halogens is 2. The van der Waals surface area contributed by atoms with E-state index in [2.05, 4.69) is 40.1 Å². The molecule has 2 aromatic carbocycles. The molecule has 0 aromatic heterocycles. The van der Waals surface area contributed by atoms with Gasteiger partial charge in [0.1, 0.15) is 5.75 Å². The molecule has 38 heavy (non-hydrogen) atoms. The summed E-state index contributed by atoms with van der Waals surface area (Å²) >= 11 is 12.5. The van der Waals surface area contributed by atoms with Crippen LogP contribution in [0.25, 0.3) is 0 Å². The first-order valence-electron chi connectivity index (χ1n) is 12.0. The fourth-order valence-electron chi connectivity index (χ4n) is 3.86.